The number of carbonyl (C=O) groups is 3. The molecule has 33 heavy (non-hydrogen) atoms. The highest BCUT2D eigenvalue weighted by atomic mass is 35.5. The lowest BCUT2D eigenvalue weighted by molar-refractivity contribution is -0.126. The minimum absolute atomic E-state index is 0.000404. The van der Waals surface area contributed by atoms with Gasteiger partial charge in [-0.1, -0.05) is 23.7 Å². The molecular formula is C24H24ClN5O3. The number of piperidine rings is 1. The quantitative estimate of drug-likeness (QED) is 0.618. The van der Waals surface area contributed by atoms with Gasteiger partial charge in [-0.05, 0) is 42.7 Å². The molecule has 4 heterocycles. The highest BCUT2D eigenvalue weighted by Crippen LogP contribution is 2.31. The number of rotatable bonds is 4. The summed E-state index contributed by atoms with van der Waals surface area (Å²) in [6.07, 6.45) is 6.69. The van der Waals surface area contributed by atoms with E-state index in [0.717, 1.165) is 11.1 Å². The maximum absolute atomic E-state index is 13.4. The minimum Gasteiger partial charge on any atom is -0.349 e. The van der Waals surface area contributed by atoms with Crippen LogP contribution in [0.25, 0.3) is 5.52 Å². The van der Waals surface area contributed by atoms with Crippen LogP contribution in [0.15, 0.2) is 55.1 Å². The van der Waals surface area contributed by atoms with E-state index in [1.807, 2.05) is 40.9 Å². The summed E-state index contributed by atoms with van der Waals surface area (Å²) in [5.41, 5.74) is 2.34. The number of likely N-dealkylation sites (tertiary alicyclic amines) is 1. The first kappa shape index (κ1) is 21.5. The fourth-order valence-corrected chi connectivity index (χ4v) is 5.01. The second-order valence-electron chi connectivity index (χ2n) is 8.58. The van der Waals surface area contributed by atoms with Crippen LogP contribution in [-0.2, 0) is 9.59 Å². The molecule has 0 radical (unpaired) electrons. The van der Waals surface area contributed by atoms with Gasteiger partial charge in [0, 0.05) is 36.6 Å². The number of hydrogen-bond acceptors (Lipinski definition) is 4. The summed E-state index contributed by atoms with van der Waals surface area (Å²) in [7, 11) is 0. The van der Waals surface area contributed by atoms with Gasteiger partial charge in [-0.25, -0.2) is 4.98 Å². The topological polar surface area (TPSA) is 95.8 Å². The second kappa shape index (κ2) is 8.86. The Balaban J connectivity index is 1.40. The zero-order chi connectivity index (χ0) is 22.9. The molecule has 0 saturated carbocycles. The lowest BCUT2D eigenvalue weighted by atomic mass is 9.84. The fourth-order valence-electron chi connectivity index (χ4n) is 4.81. The second-order valence-corrected chi connectivity index (χ2v) is 9.02. The Morgan fingerprint density at radius 2 is 2.06 bits per heavy atom. The van der Waals surface area contributed by atoms with E-state index in [1.165, 1.54) is 0 Å². The van der Waals surface area contributed by atoms with Crippen LogP contribution in [0.5, 0.6) is 0 Å². The molecule has 0 aliphatic carbocycles. The monoisotopic (exact) mass is 465 g/mol. The van der Waals surface area contributed by atoms with Gasteiger partial charge in [0.15, 0.2) is 0 Å². The average molecular weight is 466 g/mol. The van der Waals surface area contributed by atoms with Crippen molar-refractivity contribution in [2.45, 2.75) is 37.3 Å². The van der Waals surface area contributed by atoms with Gasteiger partial charge in [0.25, 0.3) is 5.91 Å². The van der Waals surface area contributed by atoms with Crippen LogP contribution < -0.4 is 10.6 Å². The molecule has 9 heteroatoms. The van der Waals surface area contributed by atoms with Crippen LogP contribution in [0.2, 0.25) is 5.02 Å². The molecule has 0 spiro atoms. The predicted molar refractivity (Wildman–Crippen MR) is 123 cm³/mol. The number of nitrogens with one attached hydrogen (secondary N) is 2. The normalized spacial score (nSPS) is 22.9. The number of amides is 3. The third-order valence-corrected chi connectivity index (χ3v) is 6.73. The maximum atomic E-state index is 13.4. The van der Waals surface area contributed by atoms with E-state index in [1.54, 1.807) is 23.5 Å². The molecule has 170 valence electrons. The summed E-state index contributed by atoms with van der Waals surface area (Å²) in [5, 5.41) is 6.46. The highest BCUT2D eigenvalue weighted by molar-refractivity contribution is 6.30. The number of benzene rings is 1. The van der Waals surface area contributed by atoms with E-state index >= 15 is 0 Å². The van der Waals surface area contributed by atoms with Crippen molar-refractivity contribution in [2.75, 3.05) is 13.1 Å². The van der Waals surface area contributed by atoms with Crippen molar-refractivity contribution in [2.24, 2.45) is 0 Å². The standard InChI is InChI=1S/C24H24ClN5O3/c25-16-4-1-3-15(11-16)17-8-10-29(13-20(17)28-23(32)19-6-7-22(31)27-19)24(33)18-5-2-9-30-14-26-12-21(18)30/h1-5,9,11-12,14,17,19-20H,6-8,10,13H2,(H,27,31)(H,28,32)/t17-,19+,20+/m0/s1. The van der Waals surface area contributed by atoms with Crippen LogP contribution in [0.4, 0.5) is 0 Å². The van der Waals surface area contributed by atoms with Crippen molar-refractivity contribution in [3.63, 3.8) is 0 Å². The molecule has 2 aliphatic heterocycles. The smallest absolute Gasteiger partial charge is 0.256 e. The van der Waals surface area contributed by atoms with Crippen LogP contribution in [0.3, 0.4) is 0 Å². The van der Waals surface area contributed by atoms with Gasteiger partial charge < -0.3 is 19.9 Å². The van der Waals surface area contributed by atoms with Gasteiger partial charge >= 0.3 is 0 Å². The first-order valence-electron chi connectivity index (χ1n) is 11.0. The van der Waals surface area contributed by atoms with E-state index in [-0.39, 0.29) is 29.7 Å². The fraction of sp³-hybridized carbons (Fsp3) is 0.333. The molecule has 2 N–H and O–H groups in total. The number of fused-ring (bicyclic) bond motifs is 1. The van der Waals surface area contributed by atoms with E-state index in [4.69, 9.17) is 11.6 Å². The highest BCUT2D eigenvalue weighted by Gasteiger charge is 2.36. The molecule has 2 saturated heterocycles. The molecule has 8 nitrogen and oxygen atoms in total. The zero-order valence-corrected chi connectivity index (χ0v) is 18.7. The third-order valence-electron chi connectivity index (χ3n) is 6.50. The summed E-state index contributed by atoms with van der Waals surface area (Å²) in [6, 6.07) is 10.4. The molecule has 2 aliphatic rings. The first-order chi connectivity index (χ1) is 16.0. The molecule has 0 bridgehead atoms. The molecule has 3 aromatic rings. The Labute approximate surface area is 195 Å². The van der Waals surface area contributed by atoms with Gasteiger partial charge in [-0.15, -0.1) is 0 Å². The molecule has 3 atom stereocenters. The third kappa shape index (κ3) is 4.30. The molecule has 2 aromatic heterocycles. The summed E-state index contributed by atoms with van der Waals surface area (Å²) >= 11 is 6.23. The van der Waals surface area contributed by atoms with E-state index in [0.29, 0.717) is 42.9 Å². The summed E-state index contributed by atoms with van der Waals surface area (Å²) in [6.45, 7) is 0.912. The van der Waals surface area contributed by atoms with Gasteiger partial charge in [0.2, 0.25) is 11.8 Å². The number of pyridine rings is 1. The molecule has 5 rings (SSSR count). The first-order valence-corrected chi connectivity index (χ1v) is 11.4. The van der Waals surface area contributed by atoms with Crippen molar-refractivity contribution in [1.29, 1.82) is 0 Å². The van der Waals surface area contributed by atoms with Gasteiger partial charge in [0.1, 0.15) is 6.04 Å². The van der Waals surface area contributed by atoms with Crippen molar-refractivity contribution in [3.05, 3.63) is 71.3 Å². The van der Waals surface area contributed by atoms with Crippen molar-refractivity contribution >= 4 is 34.8 Å². The molecule has 3 amide bonds. The van der Waals surface area contributed by atoms with Crippen molar-refractivity contribution < 1.29 is 14.4 Å². The van der Waals surface area contributed by atoms with E-state index in [9.17, 15) is 14.4 Å². The lowest BCUT2D eigenvalue weighted by Gasteiger charge is -2.39. The Morgan fingerprint density at radius 3 is 2.85 bits per heavy atom. The van der Waals surface area contributed by atoms with Crippen LogP contribution in [0.1, 0.15) is 41.1 Å². The SMILES string of the molecule is O=C1CC[C@H](C(=O)N[C@@H]2CN(C(=O)c3cccn4cncc34)CC[C@H]2c2cccc(Cl)c2)N1. The number of halogens is 1. The molecular weight excluding hydrogens is 442 g/mol. The van der Waals surface area contributed by atoms with E-state index < -0.39 is 6.04 Å². The van der Waals surface area contributed by atoms with Crippen LogP contribution >= 0.6 is 11.6 Å². The zero-order valence-electron chi connectivity index (χ0n) is 17.9. The van der Waals surface area contributed by atoms with Crippen molar-refractivity contribution in [1.82, 2.24) is 24.9 Å². The van der Waals surface area contributed by atoms with E-state index in [2.05, 4.69) is 15.6 Å². The Bertz CT molecular complexity index is 1230. The van der Waals surface area contributed by atoms with Gasteiger partial charge in [-0.2, -0.15) is 0 Å². The lowest BCUT2D eigenvalue weighted by Crippen LogP contribution is -2.56. The van der Waals surface area contributed by atoms with Gasteiger partial charge in [0.05, 0.1) is 29.6 Å². The molecule has 2 fully saturated rings. The summed E-state index contributed by atoms with van der Waals surface area (Å²) in [4.78, 5) is 43.9. The Morgan fingerprint density at radius 1 is 1.18 bits per heavy atom. The number of carbonyl (C=O) groups excluding carboxylic acids is 3. The number of imidazole rings is 1. The largest absolute Gasteiger partial charge is 0.349 e. The average Bonchev–Trinajstić information content (AvgIpc) is 3.47. The number of hydrogen-bond donors (Lipinski definition) is 2. The minimum atomic E-state index is -0.538. The summed E-state index contributed by atoms with van der Waals surface area (Å²) < 4.78 is 1.81. The van der Waals surface area contributed by atoms with Crippen LogP contribution in [-0.4, -0.2) is 57.2 Å². The predicted octanol–water partition coefficient (Wildman–Crippen LogP) is 2.38. The van der Waals surface area contributed by atoms with Gasteiger partial charge in [-0.3, -0.25) is 14.4 Å². The van der Waals surface area contributed by atoms with Crippen LogP contribution in [0, 0.1) is 0 Å². The number of nitrogens with zero attached hydrogens (tertiary/aromatic N) is 3. The summed E-state index contributed by atoms with van der Waals surface area (Å²) in [5.74, 6) is -0.431. The van der Waals surface area contributed by atoms with Crippen molar-refractivity contribution in [3.8, 4) is 0 Å². The number of aromatic nitrogens is 2. The Hall–Kier alpha value is -3.39. The maximum Gasteiger partial charge on any atom is 0.256 e. The molecule has 1 aromatic carbocycles. The molecule has 0 unspecified atom stereocenters. The Kier molecular flexibility index (Phi) is 5.76.